The number of carboxylic acids is 1. The van der Waals surface area contributed by atoms with Crippen molar-refractivity contribution in [1.29, 1.82) is 0 Å². The number of hydrogen-bond donors (Lipinski definition) is 1. The van der Waals surface area contributed by atoms with Crippen LogP contribution in [0.1, 0.15) is 26.5 Å². The van der Waals surface area contributed by atoms with E-state index in [0.29, 0.717) is 5.69 Å². The average Bonchev–Trinajstić information content (AvgIpc) is 2.91. The molecule has 3 rings (SSSR count). The minimum absolute atomic E-state index is 0.225. The van der Waals surface area contributed by atoms with Crippen LogP contribution in [0.25, 0.3) is 0 Å². The van der Waals surface area contributed by atoms with Gasteiger partial charge < -0.3 is 14.7 Å². The molecule has 1 aromatic heterocycles. The molecular formula is C15H16N2O3S. The summed E-state index contributed by atoms with van der Waals surface area (Å²) in [6, 6.07) is 8.34. The number of carboxylic acid groups (broad SMARTS) is 1. The van der Waals surface area contributed by atoms with Gasteiger partial charge >= 0.3 is 5.97 Å². The van der Waals surface area contributed by atoms with E-state index in [9.17, 15) is 9.90 Å². The summed E-state index contributed by atoms with van der Waals surface area (Å²) >= 11 is 1.22. The third-order valence-corrected chi connectivity index (χ3v) is 4.71. The van der Waals surface area contributed by atoms with E-state index in [1.807, 2.05) is 6.07 Å². The Kier molecular flexibility index (Phi) is 3.90. The van der Waals surface area contributed by atoms with E-state index in [1.54, 1.807) is 7.11 Å². The van der Waals surface area contributed by atoms with Crippen molar-refractivity contribution in [3.8, 4) is 0 Å². The average molecular weight is 304 g/mol. The maximum Gasteiger partial charge on any atom is 0.347 e. The minimum atomic E-state index is -0.941. The van der Waals surface area contributed by atoms with Gasteiger partial charge in [-0.2, -0.15) is 0 Å². The van der Waals surface area contributed by atoms with Gasteiger partial charge in [0.2, 0.25) is 0 Å². The molecule has 1 aromatic carbocycles. The molecule has 0 radical (unpaired) electrons. The highest BCUT2D eigenvalue weighted by Crippen LogP contribution is 2.30. The fourth-order valence-electron chi connectivity index (χ4n) is 2.54. The largest absolute Gasteiger partial charge is 0.477 e. The van der Waals surface area contributed by atoms with Gasteiger partial charge in [0.1, 0.15) is 4.88 Å². The fraction of sp³-hybridized carbons (Fsp3) is 0.333. The highest BCUT2D eigenvalue weighted by atomic mass is 32.1. The number of rotatable bonds is 4. The van der Waals surface area contributed by atoms with E-state index in [2.05, 4.69) is 28.1 Å². The first-order chi connectivity index (χ1) is 10.2. The Hall–Kier alpha value is -1.92. The second kappa shape index (κ2) is 5.83. The van der Waals surface area contributed by atoms with Crippen molar-refractivity contribution >= 4 is 22.4 Å². The maximum absolute atomic E-state index is 11.3. The van der Waals surface area contributed by atoms with Gasteiger partial charge in [-0.15, -0.1) is 0 Å². The smallest absolute Gasteiger partial charge is 0.347 e. The van der Waals surface area contributed by atoms with Crippen molar-refractivity contribution in [2.75, 3.05) is 18.6 Å². The first kappa shape index (κ1) is 14.0. The van der Waals surface area contributed by atoms with Crippen molar-refractivity contribution in [2.24, 2.45) is 0 Å². The third kappa shape index (κ3) is 2.77. The quantitative estimate of drug-likeness (QED) is 0.940. The summed E-state index contributed by atoms with van der Waals surface area (Å²) in [4.78, 5) is 18.2. The molecule has 1 aliphatic heterocycles. The molecule has 21 heavy (non-hydrogen) atoms. The van der Waals surface area contributed by atoms with Crippen molar-refractivity contribution in [3.63, 3.8) is 0 Å². The molecule has 0 fully saturated rings. The van der Waals surface area contributed by atoms with Crippen molar-refractivity contribution in [1.82, 2.24) is 4.98 Å². The lowest BCUT2D eigenvalue weighted by molar-refractivity contribution is 0.0697. The van der Waals surface area contributed by atoms with Gasteiger partial charge in [0.25, 0.3) is 0 Å². The van der Waals surface area contributed by atoms with Crippen LogP contribution in [0.2, 0.25) is 0 Å². The summed E-state index contributed by atoms with van der Waals surface area (Å²) in [5.41, 5.74) is 3.15. The van der Waals surface area contributed by atoms with Crippen LogP contribution < -0.4 is 4.90 Å². The van der Waals surface area contributed by atoms with Crippen molar-refractivity contribution in [3.05, 3.63) is 46.0 Å². The molecule has 0 bridgehead atoms. The van der Waals surface area contributed by atoms with Gasteiger partial charge in [-0.25, -0.2) is 9.78 Å². The summed E-state index contributed by atoms with van der Waals surface area (Å²) in [6.07, 6.45) is 0.956. The molecule has 0 saturated carbocycles. The predicted octanol–water partition coefficient (Wildman–Crippen LogP) is 2.55. The Bertz CT molecular complexity index is 669. The van der Waals surface area contributed by atoms with Crippen LogP contribution in [-0.4, -0.2) is 29.7 Å². The maximum atomic E-state index is 11.3. The normalized spacial score (nSPS) is 14.0. The Morgan fingerprint density at radius 1 is 1.43 bits per heavy atom. The number of hydrogen-bond acceptors (Lipinski definition) is 5. The zero-order valence-electron chi connectivity index (χ0n) is 11.7. The zero-order valence-corrected chi connectivity index (χ0v) is 12.5. The number of fused-ring (bicyclic) bond motifs is 1. The summed E-state index contributed by atoms with van der Waals surface area (Å²) in [6.45, 7) is 1.85. The Balaban J connectivity index is 1.88. The number of thiazole rings is 1. The SMILES string of the molecule is COCc1nc(N2CCc3ccccc3C2)sc1C(=O)O. The number of anilines is 1. The van der Waals surface area contributed by atoms with E-state index in [0.717, 1.165) is 24.6 Å². The highest BCUT2D eigenvalue weighted by Gasteiger charge is 2.23. The molecular weight excluding hydrogens is 288 g/mol. The van der Waals surface area contributed by atoms with Gasteiger partial charge in [-0.1, -0.05) is 35.6 Å². The number of benzene rings is 1. The number of aromatic nitrogens is 1. The van der Waals surface area contributed by atoms with E-state index in [4.69, 9.17) is 4.74 Å². The zero-order chi connectivity index (χ0) is 14.8. The molecule has 0 spiro atoms. The lowest BCUT2D eigenvalue weighted by Gasteiger charge is -2.28. The monoisotopic (exact) mass is 304 g/mol. The van der Waals surface area contributed by atoms with Gasteiger partial charge in [0.15, 0.2) is 5.13 Å². The summed E-state index contributed by atoms with van der Waals surface area (Å²) in [5.74, 6) is -0.941. The molecule has 0 atom stereocenters. The first-order valence-corrected chi connectivity index (χ1v) is 7.54. The van der Waals surface area contributed by atoms with Crippen LogP contribution in [0, 0.1) is 0 Å². The van der Waals surface area contributed by atoms with Gasteiger partial charge in [0.05, 0.1) is 12.3 Å². The molecule has 2 aromatic rings. The first-order valence-electron chi connectivity index (χ1n) is 6.72. The van der Waals surface area contributed by atoms with Crippen LogP contribution in [0.4, 0.5) is 5.13 Å². The number of nitrogens with zero attached hydrogens (tertiary/aromatic N) is 2. The molecule has 0 aliphatic carbocycles. The van der Waals surface area contributed by atoms with Gasteiger partial charge in [0, 0.05) is 20.2 Å². The minimum Gasteiger partial charge on any atom is -0.477 e. The number of ether oxygens (including phenoxy) is 1. The summed E-state index contributed by atoms with van der Waals surface area (Å²) in [5, 5.41) is 10.0. The fourth-order valence-corrected chi connectivity index (χ4v) is 3.47. The molecule has 0 saturated heterocycles. The Labute approximate surface area is 126 Å². The Morgan fingerprint density at radius 2 is 2.19 bits per heavy atom. The van der Waals surface area contributed by atoms with E-state index >= 15 is 0 Å². The van der Waals surface area contributed by atoms with Gasteiger partial charge in [-0.05, 0) is 17.5 Å². The standard InChI is InChI=1S/C15H16N2O3S/c1-20-9-12-13(14(18)19)21-15(16-12)17-7-6-10-4-2-3-5-11(10)8-17/h2-5H,6-9H2,1H3,(H,18,19). The summed E-state index contributed by atoms with van der Waals surface area (Å²) < 4.78 is 5.04. The third-order valence-electron chi connectivity index (χ3n) is 3.56. The summed E-state index contributed by atoms with van der Waals surface area (Å²) in [7, 11) is 1.54. The second-order valence-electron chi connectivity index (χ2n) is 4.95. The van der Waals surface area contributed by atoms with Crippen LogP contribution in [0.15, 0.2) is 24.3 Å². The van der Waals surface area contributed by atoms with Crippen LogP contribution >= 0.6 is 11.3 Å². The number of methoxy groups -OCH3 is 1. The Morgan fingerprint density at radius 3 is 2.90 bits per heavy atom. The van der Waals surface area contributed by atoms with Crippen molar-refractivity contribution in [2.45, 2.75) is 19.6 Å². The number of carbonyl (C=O) groups is 1. The van der Waals surface area contributed by atoms with E-state index < -0.39 is 5.97 Å². The molecule has 0 amide bonds. The second-order valence-corrected chi connectivity index (χ2v) is 5.93. The lowest BCUT2D eigenvalue weighted by atomic mass is 10.0. The van der Waals surface area contributed by atoms with Crippen LogP contribution in [0.3, 0.4) is 0 Å². The van der Waals surface area contributed by atoms with Crippen LogP contribution in [-0.2, 0) is 24.3 Å². The van der Waals surface area contributed by atoms with Crippen LogP contribution in [0.5, 0.6) is 0 Å². The lowest BCUT2D eigenvalue weighted by Crippen LogP contribution is -2.30. The molecule has 5 nitrogen and oxygen atoms in total. The molecule has 2 heterocycles. The predicted molar refractivity (Wildman–Crippen MR) is 81.0 cm³/mol. The molecule has 110 valence electrons. The van der Waals surface area contributed by atoms with Gasteiger partial charge in [-0.3, -0.25) is 0 Å². The molecule has 1 N–H and O–H groups in total. The highest BCUT2D eigenvalue weighted by molar-refractivity contribution is 7.17. The molecule has 6 heteroatoms. The van der Waals surface area contributed by atoms with E-state index in [-0.39, 0.29) is 11.5 Å². The molecule has 1 aliphatic rings. The molecule has 0 unspecified atom stereocenters. The number of aromatic carboxylic acids is 1. The topological polar surface area (TPSA) is 62.7 Å². The van der Waals surface area contributed by atoms with Crippen molar-refractivity contribution < 1.29 is 14.6 Å². The van der Waals surface area contributed by atoms with E-state index in [1.165, 1.54) is 22.5 Å².